The predicted molar refractivity (Wildman–Crippen MR) is 202 cm³/mol. The summed E-state index contributed by atoms with van der Waals surface area (Å²) in [4.78, 5) is 40.6. The molecule has 5 aromatic heterocycles. The Morgan fingerprint density at radius 2 is 1.74 bits per heavy atom. The number of nitrogens with one attached hydrogen (secondary N) is 2. The van der Waals surface area contributed by atoms with Crippen LogP contribution in [0.25, 0.3) is 27.5 Å². The number of pyridine rings is 2. The summed E-state index contributed by atoms with van der Waals surface area (Å²) in [5, 5.41) is 31.0. The molecule has 3 aliphatic heterocycles. The number of nitriles is 1. The number of piperidine rings is 2. The summed E-state index contributed by atoms with van der Waals surface area (Å²) in [6, 6.07) is 14.5. The van der Waals surface area contributed by atoms with Crippen molar-refractivity contribution in [3.63, 3.8) is 0 Å². The van der Waals surface area contributed by atoms with E-state index < -0.39 is 0 Å². The van der Waals surface area contributed by atoms with E-state index in [1.807, 2.05) is 41.0 Å². The van der Waals surface area contributed by atoms with Crippen LogP contribution < -0.4 is 20.4 Å². The van der Waals surface area contributed by atoms with Crippen molar-refractivity contribution in [3.05, 3.63) is 66.1 Å². The average molecular weight is 729 g/mol. The van der Waals surface area contributed by atoms with E-state index in [9.17, 15) is 14.9 Å². The second-order valence-corrected chi connectivity index (χ2v) is 15.5. The first-order chi connectivity index (χ1) is 26.0. The second kappa shape index (κ2) is 14.2. The number of piperazine rings is 1. The lowest BCUT2D eigenvalue weighted by Crippen LogP contribution is -2.49. The third-order valence-corrected chi connectivity index (χ3v) is 11.9. The molecular weight excluding hydrogens is 689 g/mol. The van der Waals surface area contributed by atoms with Crippen LogP contribution in [0, 0.1) is 17.2 Å². The molecule has 5 aromatic rings. The van der Waals surface area contributed by atoms with Crippen LogP contribution in [0.4, 0.5) is 16.6 Å². The maximum absolute atomic E-state index is 12.3. The second-order valence-electron chi connectivity index (χ2n) is 14.5. The minimum absolute atomic E-state index is 0.196. The maximum Gasteiger partial charge on any atom is 0.234 e. The lowest BCUT2D eigenvalue weighted by atomic mass is 9.91. The number of fused-ring (bicyclic) bond motifs is 1. The van der Waals surface area contributed by atoms with Crippen LogP contribution in [-0.4, -0.2) is 98.3 Å². The number of carbonyl (C=O) groups is 2. The van der Waals surface area contributed by atoms with Gasteiger partial charge in [-0.05, 0) is 73.9 Å². The van der Waals surface area contributed by atoms with Gasteiger partial charge < -0.3 is 15.1 Å². The number of rotatable bonds is 9. The van der Waals surface area contributed by atoms with Gasteiger partial charge in [0.05, 0.1) is 40.1 Å². The molecule has 270 valence electrons. The predicted octanol–water partition coefficient (Wildman–Crippen LogP) is 4.31. The van der Waals surface area contributed by atoms with Crippen LogP contribution >= 0.6 is 11.3 Å². The third-order valence-electron chi connectivity index (χ3n) is 10.9. The molecule has 3 saturated heterocycles. The molecule has 4 fully saturated rings. The van der Waals surface area contributed by atoms with E-state index in [1.165, 1.54) is 0 Å². The summed E-state index contributed by atoms with van der Waals surface area (Å²) in [7, 11) is 0. The van der Waals surface area contributed by atoms with Gasteiger partial charge >= 0.3 is 0 Å². The van der Waals surface area contributed by atoms with Crippen molar-refractivity contribution in [2.45, 2.75) is 50.5 Å². The van der Waals surface area contributed by atoms with Crippen LogP contribution in [0.2, 0.25) is 0 Å². The Labute approximate surface area is 310 Å². The molecular formula is C38H40N12O2S. The van der Waals surface area contributed by atoms with Crippen LogP contribution in [0.5, 0.6) is 0 Å². The van der Waals surface area contributed by atoms with Gasteiger partial charge in [-0.3, -0.25) is 24.8 Å². The molecule has 1 saturated carbocycles. The summed E-state index contributed by atoms with van der Waals surface area (Å²) in [6.45, 7) is 6.88. The molecule has 15 heteroatoms. The molecule has 4 aliphatic rings. The first kappa shape index (κ1) is 33.4. The summed E-state index contributed by atoms with van der Waals surface area (Å²) in [6.07, 6.45) is 10.7. The molecule has 14 nitrogen and oxygen atoms in total. The Balaban J connectivity index is 0.792. The molecule has 2 N–H and O–H groups in total. The van der Waals surface area contributed by atoms with E-state index in [1.54, 1.807) is 23.7 Å². The van der Waals surface area contributed by atoms with Crippen LogP contribution in [0.3, 0.4) is 0 Å². The molecule has 1 aliphatic carbocycles. The van der Waals surface area contributed by atoms with Gasteiger partial charge in [-0.15, -0.1) is 10.2 Å². The first-order valence-electron chi connectivity index (χ1n) is 18.5. The fraction of sp³-hybridized carbons (Fsp3) is 0.421. The summed E-state index contributed by atoms with van der Waals surface area (Å²) >= 11 is 1.62. The fourth-order valence-corrected chi connectivity index (χ4v) is 8.59. The number of aromatic nitrogens is 6. The molecule has 2 amide bonds. The maximum atomic E-state index is 12.3. The normalized spacial score (nSPS) is 20.1. The van der Waals surface area contributed by atoms with Crippen LogP contribution in [0.15, 0.2) is 55.0 Å². The molecule has 0 bridgehead atoms. The number of carbonyl (C=O) groups excluding carboxylic acids is 2. The highest BCUT2D eigenvalue weighted by Crippen LogP contribution is 2.38. The van der Waals surface area contributed by atoms with E-state index in [-0.39, 0.29) is 17.7 Å². The number of nitrogens with zero attached hydrogens (tertiary/aromatic N) is 10. The standard InChI is InChI=1S/C38H40N12O2S/c39-19-25-17-28-4-6-33(50(28)42-20-25)32-18-31(43-27-2-3-27)30(22-40-32)37-45-46-38(53-37)49-15-13-47(14-16-49)23-24-9-11-48(12-10-24)34-7-1-26(21-41-34)29-5-8-35(51)44-36(29)52/h1,4,6-7,17-18,20-22,24,27,29H,2-3,5,8-16,23H2,(H,40,43)(H,44,51,52). The quantitative estimate of drug-likeness (QED) is 0.207. The Morgan fingerprint density at radius 3 is 2.49 bits per heavy atom. The SMILES string of the molecule is N#Cc1cnn2c(-c3cc(NC4CC4)c(-c4nnc(N5CCN(CC6CCN(c7ccc(C8CCC(=O)NC8=O)cn7)CC6)CC5)s4)cn3)ccc2c1. The van der Waals surface area contributed by atoms with Crippen molar-refractivity contribution >= 4 is 45.3 Å². The first-order valence-corrected chi connectivity index (χ1v) is 19.3. The topological polar surface area (TPSA) is 161 Å². The van der Waals surface area contributed by atoms with Crippen LogP contribution in [-0.2, 0) is 9.59 Å². The lowest BCUT2D eigenvalue weighted by molar-refractivity contribution is -0.134. The van der Waals surface area contributed by atoms with E-state index in [0.717, 1.165) is 121 Å². The molecule has 8 heterocycles. The number of hydrogen-bond acceptors (Lipinski definition) is 13. The minimum atomic E-state index is -0.302. The highest BCUT2D eigenvalue weighted by atomic mass is 32.1. The summed E-state index contributed by atoms with van der Waals surface area (Å²) < 4.78 is 1.82. The zero-order valence-corrected chi connectivity index (χ0v) is 30.1. The van der Waals surface area contributed by atoms with Crippen molar-refractivity contribution < 1.29 is 9.59 Å². The molecule has 1 atom stereocenters. The van der Waals surface area contributed by atoms with Gasteiger partial charge in [0.2, 0.25) is 16.9 Å². The van der Waals surface area contributed by atoms with Gasteiger partial charge in [0.1, 0.15) is 11.9 Å². The van der Waals surface area contributed by atoms with E-state index in [4.69, 9.17) is 9.97 Å². The largest absolute Gasteiger partial charge is 0.382 e. The average Bonchev–Trinajstić information content (AvgIpc) is 3.69. The Bertz CT molecular complexity index is 2190. The smallest absolute Gasteiger partial charge is 0.234 e. The number of amides is 2. The summed E-state index contributed by atoms with van der Waals surface area (Å²) in [5.74, 6) is 0.883. The van der Waals surface area contributed by atoms with Crippen molar-refractivity contribution in [2.24, 2.45) is 5.92 Å². The van der Waals surface area contributed by atoms with Gasteiger partial charge in [-0.1, -0.05) is 17.4 Å². The number of anilines is 3. The monoisotopic (exact) mass is 728 g/mol. The molecule has 9 rings (SSSR count). The highest BCUT2D eigenvalue weighted by Gasteiger charge is 2.30. The van der Waals surface area contributed by atoms with Gasteiger partial charge in [0.25, 0.3) is 0 Å². The fourth-order valence-electron chi connectivity index (χ4n) is 7.67. The van der Waals surface area contributed by atoms with Gasteiger partial charge in [-0.2, -0.15) is 10.4 Å². The van der Waals surface area contributed by atoms with Crippen molar-refractivity contribution in [2.75, 3.05) is 60.9 Å². The van der Waals surface area contributed by atoms with Gasteiger partial charge in [0.15, 0.2) is 5.01 Å². The molecule has 0 radical (unpaired) electrons. The number of hydrogen-bond donors (Lipinski definition) is 2. The lowest BCUT2D eigenvalue weighted by Gasteiger charge is -2.39. The Hall–Kier alpha value is -5.46. The molecule has 1 unspecified atom stereocenters. The van der Waals surface area contributed by atoms with Crippen molar-refractivity contribution in [1.82, 2.24) is 40.0 Å². The summed E-state index contributed by atoms with van der Waals surface area (Å²) in [5.41, 5.74) is 5.88. The van der Waals surface area contributed by atoms with Crippen LogP contribution in [0.1, 0.15) is 55.6 Å². The Kier molecular flexibility index (Phi) is 8.92. The van der Waals surface area contributed by atoms with E-state index in [0.29, 0.717) is 30.4 Å². The van der Waals surface area contributed by atoms with Crippen molar-refractivity contribution in [1.29, 1.82) is 5.26 Å². The Morgan fingerprint density at radius 1 is 0.887 bits per heavy atom. The molecule has 53 heavy (non-hydrogen) atoms. The highest BCUT2D eigenvalue weighted by molar-refractivity contribution is 7.18. The minimum Gasteiger partial charge on any atom is -0.382 e. The van der Waals surface area contributed by atoms with Gasteiger partial charge in [0, 0.05) is 76.4 Å². The zero-order valence-electron chi connectivity index (χ0n) is 29.3. The zero-order chi connectivity index (χ0) is 35.9. The molecule has 0 aromatic carbocycles. The van der Waals surface area contributed by atoms with Gasteiger partial charge in [-0.25, -0.2) is 9.50 Å². The number of imide groups is 1. The van der Waals surface area contributed by atoms with Crippen molar-refractivity contribution in [3.8, 4) is 28.0 Å². The van der Waals surface area contributed by atoms with E-state index >= 15 is 0 Å². The third kappa shape index (κ3) is 7.04. The molecule has 0 spiro atoms. The van der Waals surface area contributed by atoms with E-state index in [2.05, 4.69) is 52.8 Å².